The average Bonchev–Trinajstić information content (AvgIpc) is 4.02. The molecular weight excluding hydrogens is 781 g/mol. The molecule has 0 bridgehead atoms. The quantitative estimate of drug-likeness (QED) is 0.173. The fourth-order valence-corrected chi connectivity index (χ4v) is 10.7. The number of aromatic nitrogens is 1. The number of hydrogen-bond donors (Lipinski definition) is 0. The number of aryl methyl sites for hydroxylation is 1. The van der Waals surface area contributed by atoms with E-state index < -0.39 is 0 Å². The smallest absolute Gasteiger partial charge is 0.159 e. The minimum Gasteiger partial charge on any atom is -0.460 e. The Morgan fingerprint density at radius 2 is 1.17 bits per heavy atom. The summed E-state index contributed by atoms with van der Waals surface area (Å²) in [5.74, 6) is 1.06. The molecule has 0 spiro atoms. The maximum absolute atomic E-state index is 7.00. The lowest BCUT2D eigenvalue weighted by Gasteiger charge is -2.28. The summed E-state index contributed by atoms with van der Waals surface area (Å²) in [5, 5.41) is 5.80. The summed E-state index contributed by atoms with van der Waals surface area (Å²) < 4.78 is 16.4. The van der Waals surface area contributed by atoms with E-state index in [1.54, 1.807) is 0 Å². The molecule has 4 heteroatoms. The number of benzene rings is 9. The van der Waals surface area contributed by atoms with Crippen LogP contribution in [0.4, 0.5) is 17.1 Å². The number of fused-ring (bicyclic) bond motifs is 15. The summed E-state index contributed by atoms with van der Waals surface area (Å²) in [7, 11) is 0. The molecule has 0 saturated carbocycles. The van der Waals surface area contributed by atoms with Crippen molar-refractivity contribution < 1.29 is 8.83 Å². The summed E-state index contributed by atoms with van der Waals surface area (Å²) >= 11 is 0. The minimum atomic E-state index is 0.840. The minimum absolute atomic E-state index is 0.840. The van der Waals surface area contributed by atoms with Gasteiger partial charge in [0.2, 0.25) is 0 Å². The Bertz CT molecular complexity index is 3850. The van der Waals surface area contributed by atoms with Crippen molar-refractivity contribution in [2.75, 3.05) is 4.90 Å². The average molecular weight is 819 g/mol. The van der Waals surface area contributed by atoms with Crippen LogP contribution in [0.15, 0.2) is 209 Å². The number of para-hydroxylation sites is 4. The molecule has 0 radical (unpaired) electrons. The third-order valence-corrected chi connectivity index (χ3v) is 13.5. The largest absolute Gasteiger partial charge is 0.460 e. The fourth-order valence-electron chi connectivity index (χ4n) is 10.7. The van der Waals surface area contributed by atoms with E-state index in [9.17, 15) is 0 Å². The van der Waals surface area contributed by atoms with E-state index in [0.29, 0.717) is 0 Å². The fraction of sp³-hybridized carbons (Fsp3) is 0.0333. The molecule has 0 amide bonds. The lowest BCUT2D eigenvalue weighted by molar-refractivity contribution is 0.547. The highest BCUT2D eigenvalue weighted by Gasteiger charge is 2.30. The maximum atomic E-state index is 7.00. The molecule has 1 aliphatic carbocycles. The van der Waals surface area contributed by atoms with Gasteiger partial charge in [-0.1, -0.05) is 146 Å². The first kappa shape index (κ1) is 35.3. The Kier molecular flexibility index (Phi) is 7.48. The van der Waals surface area contributed by atoms with Crippen LogP contribution in [0.2, 0.25) is 0 Å². The van der Waals surface area contributed by atoms with Crippen LogP contribution in [0, 0.1) is 0 Å². The third kappa shape index (κ3) is 5.11. The van der Waals surface area contributed by atoms with E-state index in [2.05, 4.69) is 210 Å². The van der Waals surface area contributed by atoms with Crippen LogP contribution in [-0.2, 0) is 6.42 Å². The molecule has 64 heavy (non-hydrogen) atoms. The van der Waals surface area contributed by atoms with Gasteiger partial charge in [0.05, 0.1) is 22.4 Å². The van der Waals surface area contributed by atoms with Gasteiger partial charge in [-0.15, -0.1) is 0 Å². The van der Waals surface area contributed by atoms with Gasteiger partial charge in [0.1, 0.15) is 16.9 Å². The number of anilines is 3. The third-order valence-electron chi connectivity index (χ3n) is 13.5. The molecule has 4 nitrogen and oxygen atoms in total. The van der Waals surface area contributed by atoms with Gasteiger partial charge in [-0.25, -0.2) is 0 Å². The monoisotopic (exact) mass is 818 g/mol. The summed E-state index contributed by atoms with van der Waals surface area (Å²) in [5.41, 5.74) is 19.5. The van der Waals surface area contributed by atoms with Crippen LogP contribution in [0.3, 0.4) is 0 Å². The molecule has 12 aromatic rings. The van der Waals surface area contributed by atoms with E-state index in [-0.39, 0.29) is 0 Å². The second-order valence-corrected chi connectivity index (χ2v) is 17.1. The van der Waals surface area contributed by atoms with Gasteiger partial charge in [-0.3, -0.25) is 0 Å². The van der Waals surface area contributed by atoms with Gasteiger partial charge < -0.3 is 18.3 Å². The van der Waals surface area contributed by atoms with Crippen LogP contribution in [0.5, 0.6) is 0 Å². The normalized spacial score (nSPS) is 12.8. The molecule has 0 saturated heterocycles. The predicted molar refractivity (Wildman–Crippen MR) is 265 cm³/mol. The van der Waals surface area contributed by atoms with Gasteiger partial charge in [0.25, 0.3) is 0 Å². The first-order valence-corrected chi connectivity index (χ1v) is 22.1. The van der Waals surface area contributed by atoms with Gasteiger partial charge in [0.15, 0.2) is 5.58 Å². The molecule has 1 aliphatic heterocycles. The van der Waals surface area contributed by atoms with Crippen molar-refractivity contribution >= 4 is 77.9 Å². The van der Waals surface area contributed by atoms with Crippen molar-refractivity contribution in [3.8, 4) is 50.2 Å². The summed E-state index contributed by atoms with van der Waals surface area (Å²) in [6, 6.07) is 70.5. The van der Waals surface area contributed by atoms with Crippen molar-refractivity contribution in [1.82, 2.24) is 4.57 Å². The summed E-state index contributed by atoms with van der Waals surface area (Å²) in [6.07, 6.45) is 6.41. The van der Waals surface area contributed by atoms with Crippen molar-refractivity contribution in [3.63, 3.8) is 0 Å². The van der Waals surface area contributed by atoms with Crippen molar-refractivity contribution in [3.05, 3.63) is 212 Å². The topological polar surface area (TPSA) is 34.5 Å². The van der Waals surface area contributed by atoms with Gasteiger partial charge in [-0.2, -0.15) is 0 Å². The Morgan fingerprint density at radius 1 is 0.453 bits per heavy atom. The molecule has 0 atom stereocenters. The van der Waals surface area contributed by atoms with Crippen LogP contribution < -0.4 is 4.90 Å². The highest BCUT2D eigenvalue weighted by molar-refractivity contribution is 6.20. The molecule has 2 aliphatic rings. The second kappa shape index (κ2) is 13.6. The molecule has 0 fully saturated rings. The SMILES string of the molecule is C1=Cc2c(oc3c4c(ccc23)-c2cc(N(c3cc(-c5ccccc5)cc(-c5ccccc5)c3)c3cccc5c3oc3ccccc35)ccc2-n2c3ccccc3c3cccc-4c32)CC1. The molecule has 3 aromatic heterocycles. The summed E-state index contributed by atoms with van der Waals surface area (Å²) in [6.45, 7) is 0. The van der Waals surface area contributed by atoms with Gasteiger partial charge in [-0.05, 0) is 94.9 Å². The van der Waals surface area contributed by atoms with E-state index >= 15 is 0 Å². The maximum Gasteiger partial charge on any atom is 0.159 e. The number of rotatable bonds is 5. The zero-order valence-electron chi connectivity index (χ0n) is 34.8. The highest BCUT2D eigenvalue weighted by Crippen LogP contribution is 2.53. The molecule has 0 unspecified atom stereocenters. The molecule has 300 valence electrons. The lowest BCUT2D eigenvalue weighted by atomic mass is 9.90. The van der Waals surface area contributed by atoms with Gasteiger partial charge in [0, 0.05) is 67.0 Å². The summed E-state index contributed by atoms with van der Waals surface area (Å²) in [4.78, 5) is 2.40. The lowest BCUT2D eigenvalue weighted by Crippen LogP contribution is -2.11. The standard InChI is InChI=1S/C60H38N2O2/c1-3-15-37(16-4-1)39-33-40(38-17-5-2-6-18-38)35-42(34-39)61(54-26-14-23-48-44-20-8-11-27-55(44)63-59(48)54)41-29-32-53-51(36-41)46-30-31-49-45-21-9-12-28-56(45)64-60(49)57(46)50-24-13-22-47-43-19-7-10-25-52(43)62(53)58(47)50/h1-11,13-27,29-36H,12,28H2. The number of hydrogen-bond acceptors (Lipinski definition) is 3. The Labute approximate surface area is 369 Å². The van der Waals surface area contributed by atoms with Gasteiger partial charge >= 0.3 is 0 Å². The van der Waals surface area contributed by atoms with Crippen LogP contribution in [0.25, 0.3) is 111 Å². The Morgan fingerprint density at radius 3 is 2.00 bits per heavy atom. The molecule has 14 rings (SSSR count). The van der Waals surface area contributed by atoms with Crippen molar-refractivity contribution in [1.29, 1.82) is 0 Å². The van der Waals surface area contributed by atoms with E-state index in [0.717, 1.165) is 113 Å². The van der Waals surface area contributed by atoms with Crippen molar-refractivity contribution in [2.45, 2.75) is 12.8 Å². The number of furan rings is 2. The first-order chi connectivity index (χ1) is 31.7. The second-order valence-electron chi connectivity index (χ2n) is 17.1. The highest BCUT2D eigenvalue weighted by atomic mass is 16.3. The van der Waals surface area contributed by atoms with Crippen LogP contribution in [-0.4, -0.2) is 4.57 Å². The molecule has 4 heterocycles. The predicted octanol–water partition coefficient (Wildman–Crippen LogP) is 16.8. The zero-order chi connectivity index (χ0) is 41.9. The van der Waals surface area contributed by atoms with E-state index in [4.69, 9.17) is 8.83 Å². The molecule has 0 N–H and O–H groups in total. The number of allylic oxidation sites excluding steroid dienone is 1. The van der Waals surface area contributed by atoms with Crippen LogP contribution in [0.1, 0.15) is 17.7 Å². The van der Waals surface area contributed by atoms with E-state index in [1.807, 2.05) is 6.07 Å². The zero-order valence-corrected chi connectivity index (χ0v) is 34.8. The molecular formula is C60H38N2O2. The van der Waals surface area contributed by atoms with Crippen LogP contribution >= 0.6 is 0 Å². The Balaban J connectivity index is 1.10. The van der Waals surface area contributed by atoms with Crippen molar-refractivity contribution in [2.24, 2.45) is 0 Å². The Hall–Kier alpha value is -8.34. The molecule has 9 aromatic carbocycles. The first-order valence-electron chi connectivity index (χ1n) is 22.1. The van der Waals surface area contributed by atoms with E-state index in [1.165, 1.54) is 32.9 Å². The number of nitrogens with zero attached hydrogens (tertiary/aromatic N) is 2.